The minimum Gasteiger partial charge on any atom is -0.341 e. The second-order valence-electron chi connectivity index (χ2n) is 4.28. The second-order valence-corrected chi connectivity index (χ2v) is 5.19. The molecule has 2 rings (SSSR count). The maximum Gasteiger partial charge on any atom is 0.257 e. The third-order valence-electron chi connectivity index (χ3n) is 2.74. The van der Waals surface area contributed by atoms with E-state index in [0.29, 0.717) is 21.3 Å². The molecule has 22 heavy (non-hydrogen) atoms. The number of pyridine rings is 1. The van der Waals surface area contributed by atoms with Crippen LogP contribution in [-0.4, -0.2) is 23.3 Å². The van der Waals surface area contributed by atoms with Gasteiger partial charge < -0.3 is 10.6 Å². The minimum atomic E-state index is -0.356. The maximum atomic E-state index is 12.2. The minimum absolute atomic E-state index is 0.122. The zero-order valence-corrected chi connectivity index (χ0v) is 13.1. The van der Waals surface area contributed by atoms with Crippen molar-refractivity contribution in [3.05, 3.63) is 58.3 Å². The number of terminal acetylenes is 1. The highest BCUT2D eigenvalue weighted by Gasteiger charge is 2.13. The first-order valence-corrected chi connectivity index (χ1v) is 7.13. The van der Waals surface area contributed by atoms with Gasteiger partial charge in [0, 0.05) is 16.9 Å². The van der Waals surface area contributed by atoms with Crippen LogP contribution < -0.4 is 10.6 Å². The summed E-state index contributed by atoms with van der Waals surface area (Å²) in [4.78, 5) is 28.2. The molecule has 0 aliphatic heterocycles. The van der Waals surface area contributed by atoms with E-state index < -0.39 is 0 Å². The van der Waals surface area contributed by atoms with E-state index in [4.69, 9.17) is 6.42 Å². The molecule has 2 amide bonds. The second kappa shape index (κ2) is 7.38. The lowest BCUT2D eigenvalue weighted by Gasteiger charge is -2.10. The number of para-hydroxylation sites is 1. The zero-order chi connectivity index (χ0) is 15.9. The number of carbonyl (C=O) groups is 2. The first kappa shape index (κ1) is 15.7. The highest BCUT2D eigenvalue weighted by atomic mass is 79.9. The summed E-state index contributed by atoms with van der Waals surface area (Å²) in [5, 5.41) is 5.26. The van der Waals surface area contributed by atoms with Crippen molar-refractivity contribution in [1.82, 2.24) is 10.3 Å². The monoisotopic (exact) mass is 357 g/mol. The van der Waals surface area contributed by atoms with Crippen LogP contribution in [0.2, 0.25) is 0 Å². The lowest BCUT2D eigenvalue weighted by atomic mass is 10.1. The number of benzene rings is 1. The van der Waals surface area contributed by atoms with Crippen molar-refractivity contribution in [1.29, 1.82) is 0 Å². The Morgan fingerprint density at radius 3 is 2.73 bits per heavy atom. The Labute approximate surface area is 136 Å². The molecule has 1 aromatic carbocycles. The van der Waals surface area contributed by atoms with Crippen LogP contribution in [0.15, 0.2) is 47.2 Å². The molecule has 0 unspecified atom stereocenters. The largest absolute Gasteiger partial charge is 0.341 e. The van der Waals surface area contributed by atoms with Gasteiger partial charge in [-0.1, -0.05) is 18.1 Å². The first-order chi connectivity index (χ1) is 10.6. The number of nitrogens with zero attached hydrogens (tertiary/aromatic N) is 1. The molecular formula is C16H12BrN3O2. The number of amides is 2. The van der Waals surface area contributed by atoms with Gasteiger partial charge in [0.15, 0.2) is 0 Å². The van der Waals surface area contributed by atoms with Crippen LogP contribution in [0.1, 0.15) is 20.7 Å². The number of carbonyl (C=O) groups excluding carboxylic acids is 2. The van der Waals surface area contributed by atoms with E-state index in [-0.39, 0.29) is 18.4 Å². The number of nitrogens with one attached hydrogen (secondary N) is 2. The lowest BCUT2D eigenvalue weighted by molar-refractivity contribution is 0.0959. The summed E-state index contributed by atoms with van der Waals surface area (Å²) in [7, 11) is 0. The summed E-state index contributed by atoms with van der Waals surface area (Å²) in [6.45, 7) is 0.122. The predicted molar refractivity (Wildman–Crippen MR) is 87.5 cm³/mol. The summed E-state index contributed by atoms with van der Waals surface area (Å²) in [5.41, 5.74) is 1.13. The van der Waals surface area contributed by atoms with E-state index in [9.17, 15) is 9.59 Å². The molecule has 2 N–H and O–H groups in total. The van der Waals surface area contributed by atoms with Gasteiger partial charge in [0.05, 0.1) is 23.4 Å². The van der Waals surface area contributed by atoms with Gasteiger partial charge in [0.2, 0.25) is 0 Å². The fourth-order valence-corrected chi connectivity index (χ4v) is 2.11. The van der Waals surface area contributed by atoms with Crippen molar-refractivity contribution in [3.63, 3.8) is 0 Å². The SMILES string of the molecule is C#CCNC(=O)c1ccccc1NC(=O)c1cncc(Br)c1. The molecular weight excluding hydrogens is 346 g/mol. The first-order valence-electron chi connectivity index (χ1n) is 6.34. The molecule has 0 atom stereocenters. The normalized spacial score (nSPS) is 9.64. The highest BCUT2D eigenvalue weighted by Crippen LogP contribution is 2.17. The summed E-state index contributed by atoms with van der Waals surface area (Å²) in [6, 6.07) is 8.34. The standard InChI is InChI=1S/C16H12BrN3O2/c1-2-7-19-16(22)13-5-3-4-6-14(13)20-15(21)11-8-12(17)10-18-9-11/h1,3-6,8-10H,7H2,(H,19,22)(H,20,21). The van der Waals surface area contributed by atoms with Crippen LogP contribution in [0.25, 0.3) is 0 Å². The molecule has 1 heterocycles. The van der Waals surface area contributed by atoms with E-state index >= 15 is 0 Å². The van der Waals surface area contributed by atoms with Gasteiger partial charge in [-0.25, -0.2) is 0 Å². The average Bonchev–Trinajstić information content (AvgIpc) is 2.53. The van der Waals surface area contributed by atoms with Crippen LogP contribution in [0, 0.1) is 12.3 Å². The van der Waals surface area contributed by atoms with Crippen LogP contribution in [0.4, 0.5) is 5.69 Å². The summed E-state index contributed by atoms with van der Waals surface area (Å²) in [6.07, 6.45) is 8.14. The van der Waals surface area contributed by atoms with E-state index in [2.05, 4.69) is 37.5 Å². The average molecular weight is 358 g/mol. The molecule has 0 aliphatic carbocycles. The number of rotatable bonds is 4. The number of aromatic nitrogens is 1. The summed E-state index contributed by atoms with van der Waals surface area (Å²) < 4.78 is 0.695. The molecule has 2 aromatic rings. The Morgan fingerprint density at radius 1 is 1.23 bits per heavy atom. The number of halogens is 1. The van der Waals surface area contributed by atoms with Gasteiger partial charge in [-0.05, 0) is 34.1 Å². The van der Waals surface area contributed by atoms with Crippen molar-refractivity contribution < 1.29 is 9.59 Å². The summed E-state index contributed by atoms with van der Waals surface area (Å²) >= 11 is 3.26. The Kier molecular flexibility index (Phi) is 5.28. The van der Waals surface area contributed by atoms with Crippen LogP contribution in [0.3, 0.4) is 0 Å². The van der Waals surface area contributed by atoms with Crippen molar-refractivity contribution in [2.45, 2.75) is 0 Å². The third-order valence-corrected chi connectivity index (χ3v) is 3.17. The zero-order valence-electron chi connectivity index (χ0n) is 11.5. The molecule has 0 bridgehead atoms. The van der Waals surface area contributed by atoms with Gasteiger partial charge in [-0.15, -0.1) is 6.42 Å². The molecule has 0 saturated carbocycles. The quantitative estimate of drug-likeness (QED) is 0.825. The van der Waals surface area contributed by atoms with E-state index in [1.807, 2.05) is 0 Å². The molecule has 1 aromatic heterocycles. The van der Waals surface area contributed by atoms with Crippen molar-refractivity contribution in [3.8, 4) is 12.3 Å². The molecule has 6 heteroatoms. The summed E-state index contributed by atoms with van der Waals surface area (Å²) in [5.74, 6) is 1.63. The number of hydrogen-bond donors (Lipinski definition) is 2. The molecule has 0 fully saturated rings. The van der Waals surface area contributed by atoms with Crippen molar-refractivity contribution in [2.24, 2.45) is 0 Å². The van der Waals surface area contributed by atoms with Crippen molar-refractivity contribution >= 4 is 33.4 Å². The molecule has 0 radical (unpaired) electrons. The molecule has 110 valence electrons. The Bertz CT molecular complexity index is 753. The van der Waals surface area contributed by atoms with E-state index in [0.717, 1.165) is 0 Å². The van der Waals surface area contributed by atoms with Gasteiger partial charge >= 0.3 is 0 Å². The topological polar surface area (TPSA) is 71.1 Å². The van der Waals surface area contributed by atoms with E-state index in [1.165, 1.54) is 6.20 Å². The Morgan fingerprint density at radius 2 is 2.00 bits per heavy atom. The maximum absolute atomic E-state index is 12.2. The Hall–Kier alpha value is -2.65. The fourth-order valence-electron chi connectivity index (χ4n) is 1.75. The third kappa shape index (κ3) is 3.93. The van der Waals surface area contributed by atoms with Crippen LogP contribution >= 0.6 is 15.9 Å². The smallest absolute Gasteiger partial charge is 0.257 e. The Balaban J connectivity index is 2.21. The lowest BCUT2D eigenvalue weighted by Crippen LogP contribution is -2.25. The van der Waals surface area contributed by atoms with Crippen molar-refractivity contribution in [2.75, 3.05) is 11.9 Å². The van der Waals surface area contributed by atoms with Gasteiger partial charge in [-0.2, -0.15) is 0 Å². The van der Waals surface area contributed by atoms with E-state index in [1.54, 1.807) is 36.5 Å². The number of anilines is 1. The van der Waals surface area contributed by atoms with Gasteiger partial charge in [-0.3, -0.25) is 14.6 Å². The number of hydrogen-bond acceptors (Lipinski definition) is 3. The van der Waals surface area contributed by atoms with Crippen LogP contribution in [-0.2, 0) is 0 Å². The van der Waals surface area contributed by atoms with Gasteiger partial charge in [0.1, 0.15) is 0 Å². The van der Waals surface area contributed by atoms with Crippen LogP contribution in [0.5, 0.6) is 0 Å². The molecule has 0 spiro atoms. The fraction of sp³-hybridized carbons (Fsp3) is 0.0625. The van der Waals surface area contributed by atoms with Gasteiger partial charge in [0.25, 0.3) is 11.8 Å². The molecule has 0 saturated heterocycles. The molecule has 0 aliphatic rings. The predicted octanol–water partition coefficient (Wildman–Crippen LogP) is 2.46. The molecule has 5 nitrogen and oxygen atoms in total. The highest BCUT2D eigenvalue weighted by molar-refractivity contribution is 9.10.